The molecule has 11 heterocycles. The second kappa shape index (κ2) is 26.6. The van der Waals surface area contributed by atoms with E-state index < -0.39 is 0 Å². The van der Waals surface area contributed by atoms with Crippen molar-refractivity contribution in [3.05, 3.63) is 180 Å². The van der Waals surface area contributed by atoms with Gasteiger partial charge in [-0.2, -0.15) is 0 Å². The number of primary amides is 1. The highest BCUT2D eigenvalue weighted by Crippen LogP contribution is 2.43. The van der Waals surface area contributed by atoms with E-state index in [0.717, 1.165) is 131 Å². The van der Waals surface area contributed by atoms with Crippen LogP contribution in [-0.4, -0.2) is 119 Å². The van der Waals surface area contributed by atoms with E-state index in [4.69, 9.17) is 40.7 Å². The van der Waals surface area contributed by atoms with Crippen LogP contribution in [0.15, 0.2) is 180 Å². The largest absolute Gasteiger partial charge is 0.396 e. The summed E-state index contributed by atoms with van der Waals surface area (Å²) in [7, 11) is 0. The number of carbonyl (C=O) groups excluding carboxylic acids is 2. The normalized spacial score (nSPS) is 14.1. The van der Waals surface area contributed by atoms with Gasteiger partial charge in [-0.25, -0.2) is 29.9 Å². The number of hydrogen-bond acceptors (Lipinski definition) is 18. The number of hydrogen-bond donors (Lipinski definition) is 3. The van der Waals surface area contributed by atoms with Crippen molar-refractivity contribution in [2.24, 2.45) is 11.7 Å². The van der Waals surface area contributed by atoms with Crippen LogP contribution in [0.2, 0.25) is 0 Å². The molecule has 0 saturated carbocycles. The zero-order valence-electron chi connectivity index (χ0n) is 47.1. The second-order valence-corrected chi connectivity index (χ2v) is 23.1. The van der Waals surface area contributed by atoms with Gasteiger partial charge in [0, 0.05) is 111 Å². The molecule has 2 amide bonds. The third kappa shape index (κ3) is 12.6. The number of anilines is 3. The fraction of sp³-hybridized carbons (Fsp3) is 0.197. The lowest BCUT2D eigenvalue weighted by molar-refractivity contribution is -0.129. The molecule has 1 atom stereocenters. The minimum absolute atomic E-state index is 0.122. The van der Waals surface area contributed by atoms with Crippen LogP contribution in [0.3, 0.4) is 0 Å². The van der Waals surface area contributed by atoms with Crippen LogP contribution >= 0.6 is 34.0 Å². The van der Waals surface area contributed by atoms with E-state index >= 15 is 0 Å². The third-order valence-corrected chi connectivity index (χ3v) is 17.6. The Hall–Kier alpha value is -9.47. The van der Waals surface area contributed by atoms with Crippen LogP contribution in [0, 0.1) is 5.92 Å². The third-order valence-electron chi connectivity index (χ3n) is 15.0. The molecule has 2 aliphatic heterocycles. The molecule has 430 valence electrons. The Morgan fingerprint density at radius 3 is 1.40 bits per heavy atom. The Balaban J connectivity index is 0.000000127. The average Bonchev–Trinajstić information content (AvgIpc) is 1.79. The molecule has 2 fully saturated rings. The lowest BCUT2D eigenvalue weighted by Gasteiger charge is -2.35. The van der Waals surface area contributed by atoms with E-state index in [-0.39, 0.29) is 24.3 Å². The fourth-order valence-electron chi connectivity index (χ4n) is 10.6. The van der Waals surface area contributed by atoms with Crippen LogP contribution in [0.4, 0.5) is 17.5 Å². The van der Waals surface area contributed by atoms with Crippen molar-refractivity contribution in [2.45, 2.75) is 26.2 Å². The van der Waals surface area contributed by atoms with Gasteiger partial charge < -0.3 is 30.9 Å². The number of piperidine rings is 1. The summed E-state index contributed by atoms with van der Waals surface area (Å²) < 4.78 is 0. The van der Waals surface area contributed by atoms with Gasteiger partial charge in [0.2, 0.25) is 11.8 Å². The number of thiophene rings is 3. The molecule has 0 radical (unpaired) electrons. The highest BCUT2D eigenvalue weighted by molar-refractivity contribution is 7.18. The number of benzene rings is 3. The van der Waals surface area contributed by atoms with Crippen molar-refractivity contribution in [3.63, 3.8) is 0 Å². The molecular formula is C66H60N14O3S3. The number of amides is 2. The molecule has 0 bridgehead atoms. The number of aliphatic hydroxyl groups excluding tert-OH is 1. The van der Waals surface area contributed by atoms with Crippen LogP contribution in [0.5, 0.6) is 0 Å². The zero-order valence-corrected chi connectivity index (χ0v) is 49.6. The summed E-state index contributed by atoms with van der Waals surface area (Å²) in [5, 5.41) is 22.0. The first-order chi connectivity index (χ1) is 42.3. The van der Waals surface area contributed by atoms with Gasteiger partial charge in [-0.15, -0.1) is 34.0 Å². The lowest BCUT2D eigenvalue weighted by Crippen LogP contribution is -2.48. The Morgan fingerprint density at radius 1 is 0.535 bits per heavy atom. The van der Waals surface area contributed by atoms with Gasteiger partial charge in [-0.1, -0.05) is 109 Å². The molecule has 20 heteroatoms. The molecule has 17 nitrogen and oxygen atoms in total. The standard InChI is InChI=1S/2C23H21N5OS.C20H18N4OS/c1-16(29)27-11-13-28(14-12-27)22-20-18(17-7-3-2-4-8-17)15-30-23(20)26-21(25-22)19-9-5-6-10-24-19;24-20(29)16-9-6-12-28(13-16)22-19-17(15-7-2-1-3-8-15)14-30-23(19)27-21(26-22)18-10-4-5-11-25-18;25-12-6-11-22-19-17-15(14-7-2-1-3-8-14)13-26-20(17)24-18(23-19)16-9-4-5-10-21-16/h2-10,15H,11-14H2,1H3;1-5,7-8,10-11,14,16H,6,9,12-13H2,(H2,24,29);1-5,7-10,13,25H,6,11-12H2,(H,22,23,24). The van der Waals surface area contributed by atoms with Crippen molar-refractivity contribution in [1.29, 1.82) is 0 Å². The number of nitrogens with two attached hydrogens (primary N) is 1. The molecular weight excluding hydrogens is 1130 g/mol. The molecule has 86 heavy (non-hydrogen) atoms. The van der Waals surface area contributed by atoms with Gasteiger partial charge in [-0.3, -0.25) is 24.5 Å². The molecule has 2 saturated heterocycles. The van der Waals surface area contributed by atoms with E-state index in [1.807, 2.05) is 114 Å². The minimum atomic E-state index is -0.247. The summed E-state index contributed by atoms with van der Waals surface area (Å²) in [6.07, 6.45) is 7.64. The predicted molar refractivity (Wildman–Crippen MR) is 347 cm³/mol. The average molecular weight is 1190 g/mol. The molecule has 1 unspecified atom stereocenters. The number of carbonyl (C=O) groups is 2. The summed E-state index contributed by atoms with van der Waals surface area (Å²) >= 11 is 4.84. The molecule has 4 N–H and O–H groups in total. The monoisotopic (exact) mass is 1190 g/mol. The quantitative estimate of drug-likeness (QED) is 0.0915. The minimum Gasteiger partial charge on any atom is -0.396 e. The van der Waals surface area contributed by atoms with Crippen LogP contribution in [0.25, 0.3) is 98.6 Å². The van der Waals surface area contributed by atoms with E-state index in [9.17, 15) is 9.59 Å². The Morgan fingerprint density at radius 2 is 0.965 bits per heavy atom. The summed E-state index contributed by atoms with van der Waals surface area (Å²) in [5.74, 6) is 4.10. The maximum Gasteiger partial charge on any atom is 0.222 e. The Bertz CT molecular complexity index is 4250. The van der Waals surface area contributed by atoms with Crippen molar-refractivity contribution < 1.29 is 14.7 Å². The van der Waals surface area contributed by atoms with E-state index in [2.05, 4.69) is 82.6 Å². The van der Waals surface area contributed by atoms with Crippen LogP contribution in [0.1, 0.15) is 26.2 Å². The number of rotatable bonds is 13. The van der Waals surface area contributed by atoms with Gasteiger partial charge in [0.25, 0.3) is 0 Å². The molecule has 9 aromatic heterocycles. The highest BCUT2D eigenvalue weighted by atomic mass is 32.1. The zero-order chi connectivity index (χ0) is 58.8. The number of piperazine rings is 1. The number of fused-ring (bicyclic) bond motifs is 3. The van der Waals surface area contributed by atoms with Gasteiger partial charge in [0.1, 0.15) is 49.0 Å². The first kappa shape index (κ1) is 57.0. The molecule has 2 aliphatic rings. The number of nitrogens with zero attached hydrogens (tertiary/aromatic N) is 12. The number of pyridine rings is 3. The maximum atomic E-state index is 11.9. The first-order valence-electron chi connectivity index (χ1n) is 28.5. The topological polar surface area (TPSA) is 218 Å². The fourth-order valence-corrected chi connectivity index (χ4v) is 13.4. The maximum absolute atomic E-state index is 11.9. The summed E-state index contributed by atoms with van der Waals surface area (Å²) in [6.45, 7) is 6.72. The second-order valence-electron chi connectivity index (χ2n) is 20.6. The summed E-state index contributed by atoms with van der Waals surface area (Å²) in [6, 6.07) is 48.1. The molecule has 12 aromatic rings. The van der Waals surface area contributed by atoms with Crippen molar-refractivity contribution >= 4 is 93.9 Å². The number of aromatic nitrogens is 9. The van der Waals surface area contributed by atoms with Gasteiger partial charge in [-0.05, 0) is 72.4 Å². The van der Waals surface area contributed by atoms with Gasteiger partial charge in [0.05, 0.1) is 22.1 Å². The van der Waals surface area contributed by atoms with Gasteiger partial charge in [0.15, 0.2) is 17.5 Å². The summed E-state index contributed by atoms with van der Waals surface area (Å²) in [5.41, 5.74) is 14.7. The smallest absolute Gasteiger partial charge is 0.222 e. The Labute approximate surface area is 509 Å². The lowest BCUT2D eigenvalue weighted by atomic mass is 9.97. The first-order valence-corrected chi connectivity index (χ1v) is 31.1. The predicted octanol–water partition coefficient (Wildman–Crippen LogP) is 12.4. The SMILES string of the molecule is CC(=O)N1CCN(c2nc(-c3ccccn3)nc3scc(-c4ccccc4)c23)CC1.NC(=O)C1CCCN(c2nc(-c3ccccn3)nc3scc(-c4ccccc4)c23)C1.OCCCNc1nc(-c2ccccn2)nc2scc(-c3ccccc3)c12. The van der Waals surface area contributed by atoms with Crippen LogP contribution < -0.4 is 20.9 Å². The van der Waals surface area contributed by atoms with Crippen molar-refractivity contribution in [3.8, 4) is 67.9 Å². The number of nitrogens with one attached hydrogen (secondary N) is 1. The van der Waals surface area contributed by atoms with E-state index in [0.29, 0.717) is 50.1 Å². The molecule has 14 rings (SSSR count). The van der Waals surface area contributed by atoms with E-state index in [1.54, 1.807) is 59.5 Å². The summed E-state index contributed by atoms with van der Waals surface area (Å²) in [4.78, 5) is 75.1. The van der Waals surface area contributed by atoms with Crippen molar-refractivity contribution in [2.75, 3.05) is 67.5 Å². The molecule has 3 aromatic carbocycles. The molecule has 0 spiro atoms. The highest BCUT2D eigenvalue weighted by Gasteiger charge is 2.29. The van der Waals surface area contributed by atoms with E-state index in [1.165, 1.54) is 0 Å². The van der Waals surface area contributed by atoms with Gasteiger partial charge >= 0.3 is 0 Å². The van der Waals surface area contributed by atoms with Crippen LogP contribution in [-0.2, 0) is 9.59 Å². The number of aliphatic hydroxyl groups is 1. The molecule has 0 aliphatic carbocycles. The van der Waals surface area contributed by atoms with Crippen molar-refractivity contribution in [1.82, 2.24) is 49.8 Å². The Kier molecular flexibility index (Phi) is 17.6.